The Hall–Kier alpha value is -2.49. The molecule has 3 rings (SSSR count). The predicted molar refractivity (Wildman–Crippen MR) is 70.7 cm³/mol. The summed E-state index contributed by atoms with van der Waals surface area (Å²) in [5.74, 6) is -1.27. The number of rotatable bonds is 2. The highest BCUT2D eigenvalue weighted by atomic mass is 19.1. The van der Waals surface area contributed by atoms with Gasteiger partial charge in [0.1, 0.15) is 5.82 Å². The highest BCUT2D eigenvalue weighted by Crippen LogP contribution is 2.24. The third-order valence-electron chi connectivity index (χ3n) is 3.15. The number of para-hydroxylation sites is 1. The number of benzene rings is 2. The lowest BCUT2D eigenvalue weighted by Gasteiger charge is -2.02. The van der Waals surface area contributed by atoms with Gasteiger partial charge in [0.05, 0.1) is 0 Å². The van der Waals surface area contributed by atoms with Gasteiger partial charge in [0.15, 0.2) is 17.2 Å². The van der Waals surface area contributed by atoms with E-state index >= 15 is 0 Å². The molecule has 3 aromatic rings. The molecule has 0 amide bonds. The van der Waals surface area contributed by atoms with Crippen molar-refractivity contribution in [3.63, 3.8) is 0 Å². The molecule has 1 aromatic heterocycles. The summed E-state index contributed by atoms with van der Waals surface area (Å²) < 4.78 is 31.9. The first-order chi connectivity index (χ1) is 9.56. The number of ketones is 1. The van der Waals surface area contributed by atoms with Crippen LogP contribution in [-0.2, 0) is 0 Å². The van der Waals surface area contributed by atoms with E-state index in [1.54, 1.807) is 19.1 Å². The molecular weight excluding hydrogens is 262 g/mol. The topological polar surface area (TPSA) is 30.2 Å². The molecule has 4 heteroatoms. The summed E-state index contributed by atoms with van der Waals surface area (Å²) in [5, 5.41) is 0.521. The van der Waals surface area contributed by atoms with Crippen LogP contribution in [0.15, 0.2) is 46.9 Å². The number of hydrogen-bond donors (Lipinski definition) is 0. The first kappa shape index (κ1) is 12.5. The largest absolute Gasteiger partial charge is 0.449 e. The van der Waals surface area contributed by atoms with Gasteiger partial charge in [-0.3, -0.25) is 4.79 Å². The summed E-state index contributed by atoms with van der Waals surface area (Å²) in [4.78, 5) is 12.3. The second-order valence-electron chi connectivity index (χ2n) is 4.56. The molecule has 0 fully saturated rings. The van der Waals surface area contributed by atoms with Crippen molar-refractivity contribution >= 4 is 16.8 Å². The van der Waals surface area contributed by atoms with Crippen molar-refractivity contribution < 1.29 is 18.0 Å². The van der Waals surface area contributed by atoms with Gasteiger partial charge in [-0.25, -0.2) is 8.78 Å². The van der Waals surface area contributed by atoms with Crippen LogP contribution in [0.4, 0.5) is 8.78 Å². The molecule has 2 aromatic carbocycles. The Bertz CT molecular complexity index is 818. The maximum Gasteiger partial charge on any atom is 0.228 e. The lowest BCUT2D eigenvalue weighted by Crippen LogP contribution is -2.02. The summed E-state index contributed by atoms with van der Waals surface area (Å²) >= 11 is 0. The van der Waals surface area contributed by atoms with Crippen LogP contribution < -0.4 is 0 Å². The van der Waals surface area contributed by atoms with E-state index in [2.05, 4.69) is 0 Å². The minimum atomic E-state index is -0.516. The van der Waals surface area contributed by atoms with Crippen LogP contribution in [0.25, 0.3) is 11.0 Å². The monoisotopic (exact) mass is 272 g/mol. The molecule has 0 spiro atoms. The molecule has 0 radical (unpaired) electrons. The number of halogens is 2. The fourth-order valence-corrected chi connectivity index (χ4v) is 2.15. The normalized spacial score (nSPS) is 10.9. The van der Waals surface area contributed by atoms with Crippen LogP contribution >= 0.6 is 0 Å². The fourth-order valence-electron chi connectivity index (χ4n) is 2.15. The van der Waals surface area contributed by atoms with Crippen molar-refractivity contribution in [2.24, 2.45) is 0 Å². The molecule has 100 valence electrons. The number of carbonyl (C=O) groups excluding carboxylic acids is 1. The average Bonchev–Trinajstić information content (AvgIpc) is 2.83. The van der Waals surface area contributed by atoms with Crippen LogP contribution in [0.2, 0.25) is 0 Å². The minimum absolute atomic E-state index is 0.0415. The fraction of sp³-hybridized carbons (Fsp3) is 0.0625. The number of furan rings is 1. The van der Waals surface area contributed by atoms with Crippen molar-refractivity contribution in [2.75, 3.05) is 0 Å². The smallest absolute Gasteiger partial charge is 0.228 e. The van der Waals surface area contributed by atoms with Crippen molar-refractivity contribution in [3.8, 4) is 0 Å². The number of aryl methyl sites for hydroxylation is 1. The van der Waals surface area contributed by atoms with E-state index in [9.17, 15) is 13.6 Å². The van der Waals surface area contributed by atoms with E-state index < -0.39 is 17.4 Å². The SMILES string of the molecule is Cc1cc(F)ccc1C(=O)c1cc2cccc(F)c2o1. The predicted octanol–water partition coefficient (Wildman–Crippen LogP) is 4.25. The summed E-state index contributed by atoms with van der Waals surface area (Å²) in [6, 6.07) is 9.85. The number of fused-ring (bicyclic) bond motifs is 1. The molecule has 0 saturated carbocycles. The molecule has 0 aliphatic heterocycles. The molecule has 0 aliphatic carbocycles. The first-order valence-electron chi connectivity index (χ1n) is 6.05. The molecule has 0 atom stereocenters. The van der Waals surface area contributed by atoms with Crippen molar-refractivity contribution in [3.05, 3.63) is 71.0 Å². The Morgan fingerprint density at radius 1 is 1.10 bits per heavy atom. The van der Waals surface area contributed by atoms with Crippen LogP contribution in [-0.4, -0.2) is 5.78 Å². The van der Waals surface area contributed by atoms with E-state index in [0.717, 1.165) is 0 Å². The molecular formula is C16H10F2O2. The Labute approximate surface area is 113 Å². The zero-order valence-electron chi connectivity index (χ0n) is 10.6. The second kappa shape index (κ2) is 4.56. The Balaban J connectivity index is 2.10. The van der Waals surface area contributed by atoms with Gasteiger partial charge in [0, 0.05) is 10.9 Å². The van der Waals surface area contributed by atoms with Gasteiger partial charge < -0.3 is 4.42 Å². The molecule has 20 heavy (non-hydrogen) atoms. The molecule has 1 heterocycles. The van der Waals surface area contributed by atoms with Crippen LogP contribution in [0.1, 0.15) is 21.7 Å². The van der Waals surface area contributed by atoms with Crippen LogP contribution in [0.5, 0.6) is 0 Å². The number of carbonyl (C=O) groups is 1. The van der Waals surface area contributed by atoms with Crippen LogP contribution in [0.3, 0.4) is 0 Å². The summed E-state index contributed by atoms with van der Waals surface area (Å²) in [5.41, 5.74) is 0.900. The van der Waals surface area contributed by atoms with Gasteiger partial charge in [-0.1, -0.05) is 12.1 Å². The van der Waals surface area contributed by atoms with Gasteiger partial charge in [0.2, 0.25) is 5.78 Å². The molecule has 0 unspecified atom stereocenters. The van der Waals surface area contributed by atoms with E-state index in [1.807, 2.05) is 0 Å². The Morgan fingerprint density at radius 2 is 1.90 bits per heavy atom. The highest BCUT2D eigenvalue weighted by Gasteiger charge is 2.18. The molecule has 0 saturated heterocycles. The van der Waals surface area contributed by atoms with E-state index in [0.29, 0.717) is 16.5 Å². The molecule has 0 bridgehead atoms. The quantitative estimate of drug-likeness (QED) is 0.653. The Morgan fingerprint density at radius 3 is 2.60 bits per heavy atom. The lowest BCUT2D eigenvalue weighted by molar-refractivity contribution is 0.101. The lowest BCUT2D eigenvalue weighted by atomic mass is 10.0. The summed E-state index contributed by atoms with van der Waals surface area (Å²) in [6.45, 7) is 1.64. The van der Waals surface area contributed by atoms with Gasteiger partial charge in [-0.2, -0.15) is 0 Å². The van der Waals surface area contributed by atoms with Gasteiger partial charge in [-0.05, 0) is 42.8 Å². The van der Waals surface area contributed by atoms with Crippen molar-refractivity contribution in [2.45, 2.75) is 6.92 Å². The van der Waals surface area contributed by atoms with Crippen LogP contribution in [0, 0.1) is 18.6 Å². The van der Waals surface area contributed by atoms with Gasteiger partial charge >= 0.3 is 0 Å². The molecule has 0 N–H and O–H groups in total. The third-order valence-corrected chi connectivity index (χ3v) is 3.15. The average molecular weight is 272 g/mol. The van der Waals surface area contributed by atoms with E-state index in [-0.39, 0.29) is 11.3 Å². The molecule has 2 nitrogen and oxygen atoms in total. The van der Waals surface area contributed by atoms with E-state index in [1.165, 1.54) is 30.3 Å². The Kier molecular flexibility index (Phi) is 2.86. The first-order valence-corrected chi connectivity index (χ1v) is 6.05. The zero-order chi connectivity index (χ0) is 14.3. The number of hydrogen-bond acceptors (Lipinski definition) is 2. The standard InChI is InChI=1S/C16H10F2O2/c1-9-7-11(17)5-6-12(9)15(19)14-8-10-3-2-4-13(18)16(10)20-14/h2-8H,1H3. The third kappa shape index (κ3) is 1.99. The summed E-state index contributed by atoms with van der Waals surface area (Å²) in [6.07, 6.45) is 0. The zero-order valence-corrected chi connectivity index (χ0v) is 10.6. The van der Waals surface area contributed by atoms with Gasteiger partial charge in [-0.15, -0.1) is 0 Å². The summed E-state index contributed by atoms with van der Waals surface area (Å²) in [7, 11) is 0. The van der Waals surface area contributed by atoms with Gasteiger partial charge in [0.25, 0.3) is 0 Å². The van der Waals surface area contributed by atoms with E-state index in [4.69, 9.17) is 4.42 Å². The molecule has 0 aliphatic rings. The maximum absolute atomic E-state index is 13.5. The second-order valence-corrected chi connectivity index (χ2v) is 4.56. The highest BCUT2D eigenvalue weighted by molar-refractivity contribution is 6.09. The minimum Gasteiger partial charge on any atom is -0.449 e. The van der Waals surface area contributed by atoms with Crippen molar-refractivity contribution in [1.82, 2.24) is 0 Å². The van der Waals surface area contributed by atoms with Crippen molar-refractivity contribution in [1.29, 1.82) is 0 Å². The maximum atomic E-state index is 13.5.